The number of esters is 1. The van der Waals surface area contributed by atoms with Gasteiger partial charge < -0.3 is 4.74 Å². The minimum Gasteiger partial charge on any atom is -0.460 e. The second kappa shape index (κ2) is 7.46. The molecule has 2 aliphatic heterocycles. The minimum atomic E-state index is -2.83. The van der Waals surface area contributed by atoms with Gasteiger partial charge in [0.25, 0.3) is 0 Å². The van der Waals surface area contributed by atoms with Gasteiger partial charge in [0.15, 0.2) is 0 Å². The van der Waals surface area contributed by atoms with E-state index in [-0.39, 0.29) is 12.2 Å². The molecule has 0 radical (unpaired) electrons. The van der Waals surface area contributed by atoms with E-state index >= 15 is 0 Å². The van der Waals surface area contributed by atoms with E-state index in [0.29, 0.717) is 24.5 Å². The van der Waals surface area contributed by atoms with Crippen molar-refractivity contribution < 1.29 is 18.1 Å². The Morgan fingerprint density at radius 2 is 2.04 bits per heavy atom. The summed E-state index contributed by atoms with van der Waals surface area (Å²) < 4.78 is 39.9. The molecule has 0 saturated heterocycles. The number of halogens is 1. The zero-order chi connectivity index (χ0) is 20.6. The van der Waals surface area contributed by atoms with Gasteiger partial charge in [-0.05, 0) is 46.6 Å². The summed E-state index contributed by atoms with van der Waals surface area (Å²) in [6, 6.07) is 6.36. The Hall–Kier alpha value is -1.96. The second-order valence-electron chi connectivity index (χ2n) is 8.46. The van der Waals surface area contributed by atoms with Crippen molar-refractivity contribution in [1.82, 2.24) is 4.31 Å². The van der Waals surface area contributed by atoms with Crippen LogP contribution in [0, 0.1) is 5.82 Å². The van der Waals surface area contributed by atoms with Crippen molar-refractivity contribution in [3.63, 3.8) is 0 Å². The van der Waals surface area contributed by atoms with Crippen LogP contribution in [0.1, 0.15) is 52.5 Å². The highest BCUT2D eigenvalue weighted by atomic mass is 32.2. The molecule has 0 spiro atoms. The average molecular weight is 410 g/mol. The van der Waals surface area contributed by atoms with Gasteiger partial charge in [0, 0.05) is 12.1 Å². The van der Waals surface area contributed by atoms with E-state index in [0.717, 1.165) is 12.8 Å². The summed E-state index contributed by atoms with van der Waals surface area (Å²) in [6.45, 7) is 8.13. The molecule has 0 unspecified atom stereocenters. The number of carbonyl (C=O) groups excluding carboxylic acids is 1. The predicted octanol–water partition coefficient (Wildman–Crippen LogP) is 3.66. The number of amidine groups is 1. The van der Waals surface area contributed by atoms with Crippen LogP contribution in [-0.2, 0) is 25.0 Å². The molecule has 3 rings (SSSR count). The van der Waals surface area contributed by atoms with Gasteiger partial charge >= 0.3 is 5.97 Å². The Morgan fingerprint density at radius 1 is 1.32 bits per heavy atom. The standard InChI is InChI=1S/C20H28FN3O3S/c1-19(2,3)27-18(25)13-17-23-20(4,15-9-5-6-10-16(15)21)14-28(26)22-11-7-8-12-24(17)28/h5-6,9-10H,7-8,11-14H2,1-4H3/t20-,28+/m0/s1. The monoisotopic (exact) mass is 409 g/mol. The molecule has 2 aliphatic rings. The number of carbonyl (C=O) groups is 1. The molecule has 0 saturated carbocycles. The lowest BCUT2D eigenvalue weighted by Crippen LogP contribution is -2.50. The highest BCUT2D eigenvalue weighted by Gasteiger charge is 2.43. The quantitative estimate of drug-likeness (QED) is 0.715. The van der Waals surface area contributed by atoms with Gasteiger partial charge in [-0.15, -0.1) is 0 Å². The van der Waals surface area contributed by atoms with Crippen LogP contribution in [0.2, 0.25) is 0 Å². The molecule has 0 amide bonds. The summed E-state index contributed by atoms with van der Waals surface area (Å²) in [5.74, 6) is -0.397. The van der Waals surface area contributed by atoms with Crippen LogP contribution in [0.15, 0.2) is 33.6 Å². The number of rotatable bonds is 3. The molecule has 0 aliphatic carbocycles. The fourth-order valence-electron chi connectivity index (χ4n) is 3.61. The zero-order valence-corrected chi connectivity index (χ0v) is 17.7. The summed E-state index contributed by atoms with van der Waals surface area (Å²) in [5, 5.41) is 0. The van der Waals surface area contributed by atoms with Crippen molar-refractivity contribution >= 4 is 21.7 Å². The first-order valence-corrected chi connectivity index (χ1v) is 11.2. The van der Waals surface area contributed by atoms with E-state index in [1.807, 2.05) is 0 Å². The van der Waals surface area contributed by atoms with Crippen LogP contribution in [0.25, 0.3) is 0 Å². The summed E-state index contributed by atoms with van der Waals surface area (Å²) >= 11 is 0. The van der Waals surface area contributed by atoms with Crippen molar-refractivity contribution in [2.45, 2.75) is 58.1 Å². The zero-order valence-electron chi connectivity index (χ0n) is 16.9. The molecule has 28 heavy (non-hydrogen) atoms. The Kier molecular flexibility index (Phi) is 5.53. The molecular formula is C20H28FN3O3S. The lowest BCUT2D eigenvalue weighted by molar-refractivity contribution is -0.153. The number of aliphatic imine (C=N–C) groups is 1. The molecule has 0 aromatic heterocycles. The summed E-state index contributed by atoms with van der Waals surface area (Å²) in [5.41, 5.74) is -1.34. The Morgan fingerprint density at radius 3 is 2.71 bits per heavy atom. The van der Waals surface area contributed by atoms with Gasteiger partial charge in [0.05, 0.1) is 12.3 Å². The van der Waals surface area contributed by atoms with Crippen molar-refractivity contribution in [1.29, 1.82) is 0 Å². The fourth-order valence-corrected chi connectivity index (χ4v) is 6.22. The van der Waals surface area contributed by atoms with Crippen LogP contribution >= 0.6 is 0 Å². The van der Waals surface area contributed by atoms with Gasteiger partial charge in [-0.1, -0.05) is 18.2 Å². The Bertz CT molecular complexity index is 916. The van der Waals surface area contributed by atoms with E-state index in [2.05, 4.69) is 4.36 Å². The molecular weight excluding hydrogens is 381 g/mol. The lowest BCUT2D eigenvalue weighted by Gasteiger charge is -2.39. The van der Waals surface area contributed by atoms with E-state index in [9.17, 15) is 13.4 Å². The molecule has 1 aromatic carbocycles. The first-order valence-electron chi connectivity index (χ1n) is 9.56. The fraction of sp³-hybridized carbons (Fsp3) is 0.600. The molecule has 2 heterocycles. The molecule has 0 fully saturated rings. The normalized spacial score (nSPS) is 27.9. The van der Waals surface area contributed by atoms with E-state index in [1.54, 1.807) is 50.2 Å². The van der Waals surface area contributed by atoms with Crippen molar-refractivity contribution in [2.75, 3.05) is 18.8 Å². The summed E-state index contributed by atoms with van der Waals surface area (Å²) in [4.78, 5) is 17.2. The average Bonchev–Trinajstić information content (AvgIpc) is 2.74. The molecule has 8 heteroatoms. The van der Waals surface area contributed by atoms with Crippen LogP contribution in [0.4, 0.5) is 4.39 Å². The number of benzene rings is 1. The van der Waals surface area contributed by atoms with Crippen molar-refractivity contribution in [2.24, 2.45) is 9.36 Å². The topological polar surface area (TPSA) is 71.3 Å². The third-order valence-electron chi connectivity index (χ3n) is 4.72. The number of hydrogen-bond donors (Lipinski definition) is 0. The highest BCUT2D eigenvalue weighted by molar-refractivity contribution is 7.92. The molecule has 0 N–H and O–H groups in total. The maximum Gasteiger partial charge on any atom is 0.313 e. The van der Waals surface area contributed by atoms with Crippen molar-refractivity contribution in [3.05, 3.63) is 35.6 Å². The molecule has 6 nitrogen and oxygen atoms in total. The first kappa shape index (κ1) is 20.8. The number of fused-ring (bicyclic) bond motifs is 1. The largest absolute Gasteiger partial charge is 0.460 e. The van der Waals surface area contributed by atoms with E-state index in [1.165, 1.54) is 6.07 Å². The minimum absolute atomic E-state index is 0.0960. The van der Waals surface area contributed by atoms with Crippen molar-refractivity contribution in [3.8, 4) is 0 Å². The lowest BCUT2D eigenvalue weighted by atomic mass is 9.94. The smallest absolute Gasteiger partial charge is 0.313 e. The molecule has 1 aromatic rings. The summed E-state index contributed by atoms with van der Waals surface area (Å²) in [7, 11) is -2.83. The Balaban J connectivity index is 2.07. The third-order valence-corrected chi connectivity index (χ3v) is 7.32. The Labute approximate surface area is 166 Å². The van der Waals surface area contributed by atoms with Gasteiger partial charge in [-0.2, -0.15) is 0 Å². The summed E-state index contributed by atoms with van der Waals surface area (Å²) in [6.07, 6.45) is 1.52. The molecule has 2 atom stereocenters. The molecule has 154 valence electrons. The van der Waals surface area contributed by atoms with Gasteiger partial charge in [-0.3, -0.25) is 14.1 Å². The van der Waals surface area contributed by atoms with Gasteiger partial charge in [0.2, 0.25) is 0 Å². The predicted molar refractivity (Wildman–Crippen MR) is 108 cm³/mol. The van der Waals surface area contributed by atoms with Gasteiger partial charge in [-0.25, -0.2) is 13.0 Å². The number of hydrogen-bond acceptors (Lipinski definition) is 5. The van der Waals surface area contributed by atoms with E-state index < -0.39 is 32.8 Å². The van der Waals surface area contributed by atoms with E-state index in [4.69, 9.17) is 9.73 Å². The maximum atomic E-state index is 14.6. The van der Waals surface area contributed by atoms with Crippen LogP contribution < -0.4 is 0 Å². The first-order chi connectivity index (χ1) is 13.0. The van der Waals surface area contributed by atoms with Gasteiger partial charge in [0.1, 0.15) is 39.1 Å². The SMILES string of the molecule is CC(C)(C)OC(=O)CC1=N[C@](C)(c2ccccc2F)C[S@@]2(=O)=NCCCCN12. The highest BCUT2D eigenvalue weighted by Crippen LogP contribution is 2.36. The third kappa shape index (κ3) is 4.37. The molecule has 0 bridgehead atoms. The van der Waals surface area contributed by atoms with Crippen LogP contribution in [0.3, 0.4) is 0 Å². The number of nitrogens with zero attached hydrogens (tertiary/aromatic N) is 3. The van der Waals surface area contributed by atoms with Crippen LogP contribution in [0.5, 0.6) is 0 Å². The second-order valence-corrected chi connectivity index (χ2v) is 10.7. The number of ether oxygens (including phenoxy) is 1. The maximum absolute atomic E-state index is 14.6. The van der Waals surface area contributed by atoms with Crippen LogP contribution in [-0.4, -0.2) is 44.8 Å².